The average Bonchev–Trinajstić information content (AvgIpc) is 2.41. The Bertz CT molecular complexity index is 444. The summed E-state index contributed by atoms with van der Waals surface area (Å²) in [5, 5.41) is 3.46. The third kappa shape index (κ3) is 4.81. The van der Waals surface area contributed by atoms with E-state index in [9.17, 15) is 4.79 Å². The van der Waals surface area contributed by atoms with Gasteiger partial charge in [-0.15, -0.1) is 0 Å². The Kier molecular flexibility index (Phi) is 5.71. The summed E-state index contributed by atoms with van der Waals surface area (Å²) >= 11 is 9.43. The molecule has 0 heterocycles. The van der Waals surface area contributed by atoms with Crippen molar-refractivity contribution in [2.24, 2.45) is 5.92 Å². The molecule has 2 nitrogen and oxygen atoms in total. The molecule has 4 heteroatoms. The minimum atomic E-state index is 0.0646. The van der Waals surface area contributed by atoms with E-state index in [1.807, 2.05) is 12.1 Å². The lowest BCUT2D eigenvalue weighted by Crippen LogP contribution is -2.15. The molecule has 1 saturated carbocycles. The van der Waals surface area contributed by atoms with E-state index in [1.54, 1.807) is 6.07 Å². The number of carbonyl (C=O) groups excluding carboxylic acids is 1. The zero-order chi connectivity index (χ0) is 13.7. The van der Waals surface area contributed by atoms with Gasteiger partial charge in [0.15, 0.2) is 0 Å². The van der Waals surface area contributed by atoms with Crippen molar-refractivity contribution in [1.82, 2.24) is 0 Å². The fraction of sp³-hybridized carbons (Fsp3) is 0.533. The molecule has 0 saturated heterocycles. The predicted molar refractivity (Wildman–Crippen MR) is 83.6 cm³/mol. The maximum atomic E-state index is 11.9. The van der Waals surface area contributed by atoms with Crippen molar-refractivity contribution in [1.29, 1.82) is 0 Å². The molecule has 1 aromatic carbocycles. The summed E-state index contributed by atoms with van der Waals surface area (Å²) in [6.07, 6.45) is 8.17. The first-order valence-electron chi connectivity index (χ1n) is 6.90. The van der Waals surface area contributed by atoms with E-state index in [-0.39, 0.29) is 5.91 Å². The molecule has 1 aliphatic carbocycles. The second kappa shape index (κ2) is 7.30. The first-order valence-corrected chi connectivity index (χ1v) is 8.07. The summed E-state index contributed by atoms with van der Waals surface area (Å²) < 4.78 is 0.915. The second-order valence-electron chi connectivity index (χ2n) is 5.22. The largest absolute Gasteiger partial charge is 0.325 e. The van der Waals surface area contributed by atoms with Crippen LogP contribution in [0.15, 0.2) is 22.7 Å². The summed E-state index contributed by atoms with van der Waals surface area (Å²) in [4.78, 5) is 11.9. The molecule has 1 aromatic rings. The maximum absolute atomic E-state index is 11.9. The number of anilines is 1. The minimum absolute atomic E-state index is 0.0646. The number of carbonyl (C=O) groups is 1. The smallest absolute Gasteiger partial charge is 0.224 e. The van der Waals surface area contributed by atoms with Gasteiger partial charge in [0.05, 0.1) is 10.7 Å². The lowest BCUT2D eigenvalue weighted by atomic mass is 9.86. The second-order valence-corrected chi connectivity index (χ2v) is 6.54. The van der Waals surface area contributed by atoms with E-state index >= 15 is 0 Å². The van der Waals surface area contributed by atoms with Crippen LogP contribution in [-0.4, -0.2) is 5.91 Å². The highest BCUT2D eigenvalue weighted by atomic mass is 79.9. The van der Waals surface area contributed by atoms with Crippen LogP contribution in [0.25, 0.3) is 0 Å². The average molecular weight is 345 g/mol. The van der Waals surface area contributed by atoms with Gasteiger partial charge in [0.2, 0.25) is 5.91 Å². The molecule has 19 heavy (non-hydrogen) atoms. The van der Waals surface area contributed by atoms with Crippen LogP contribution in [0.3, 0.4) is 0 Å². The van der Waals surface area contributed by atoms with Crippen molar-refractivity contribution in [3.8, 4) is 0 Å². The molecule has 0 aliphatic heterocycles. The Morgan fingerprint density at radius 2 is 2.05 bits per heavy atom. The van der Waals surface area contributed by atoms with E-state index in [0.29, 0.717) is 17.1 Å². The summed E-state index contributed by atoms with van der Waals surface area (Å²) in [5.41, 5.74) is 0.693. The van der Waals surface area contributed by atoms with E-state index in [1.165, 1.54) is 32.1 Å². The highest BCUT2D eigenvalue weighted by Gasteiger charge is 2.15. The van der Waals surface area contributed by atoms with Gasteiger partial charge in [0.1, 0.15) is 0 Å². The molecule has 0 bridgehead atoms. The molecular formula is C15H19BrClNO. The van der Waals surface area contributed by atoms with Crippen molar-refractivity contribution in [2.75, 3.05) is 5.32 Å². The number of benzene rings is 1. The van der Waals surface area contributed by atoms with Crippen molar-refractivity contribution in [2.45, 2.75) is 44.9 Å². The SMILES string of the molecule is O=C(CCC1CCCCC1)Nc1ccc(Br)cc1Cl. The van der Waals surface area contributed by atoms with Gasteiger partial charge in [0, 0.05) is 10.9 Å². The number of hydrogen-bond donors (Lipinski definition) is 1. The fourth-order valence-electron chi connectivity index (χ4n) is 2.61. The van der Waals surface area contributed by atoms with Crippen LogP contribution < -0.4 is 5.32 Å². The lowest BCUT2D eigenvalue weighted by Gasteiger charge is -2.21. The number of nitrogens with one attached hydrogen (secondary N) is 1. The topological polar surface area (TPSA) is 29.1 Å². The van der Waals surface area contributed by atoms with Crippen LogP contribution in [0.1, 0.15) is 44.9 Å². The normalized spacial score (nSPS) is 16.3. The molecule has 104 valence electrons. The van der Waals surface area contributed by atoms with Gasteiger partial charge in [0.25, 0.3) is 0 Å². The third-order valence-electron chi connectivity index (χ3n) is 3.71. The molecule has 0 spiro atoms. The molecule has 1 fully saturated rings. The molecule has 0 atom stereocenters. The van der Waals surface area contributed by atoms with Gasteiger partial charge < -0.3 is 5.32 Å². The lowest BCUT2D eigenvalue weighted by molar-refractivity contribution is -0.116. The number of rotatable bonds is 4. The summed E-state index contributed by atoms with van der Waals surface area (Å²) in [6, 6.07) is 5.49. The predicted octanol–water partition coefficient (Wildman–Crippen LogP) is 5.40. The van der Waals surface area contributed by atoms with E-state index in [0.717, 1.165) is 16.8 Å². The molecule has 1 aliphatic rings. The molecule has 1 N–H and O–H groups in total. The Balaban J connectivity index is 1.80. The van der Waals surface area contributed by atoms with E-state index < -0.39 is 0 Å². The zero-order valence-corrected chi connectivity index (χ0v) is 13.3. The third-order valence-corrected chi connectivity index (χ3v) is 4.52. The van der Waals surface area contributed by atoms with Crippen LogP contribution in [0.4, 0.5) is 5.69 Å². The first kappa shape index (κ1) is 14.9. The van der Waals surface area contributed by atoms with Crippen LogP contribution in [-0.2, 0) is 4.79 Å². The molecule has 1 amide bonds. The molecular weight excluding hydrogens is 326 g/mol. The van der Waals surface area contributed by atoms with Crippen molar-refractivity contribution >= 4 is 39.1 Å². The van der Waals surface area contributed by atoms with Crippen molar-refractivity contribution < 1.29 is 4.79 Å². The van der Waals surface area contributed by atoms with Gasteiger partial charge >= 0.3 is 0 Å². The standard InChI is InChI=1S/C15H19BrClNO/c16-12-7-8-14(13(17)10-12)18-15(19)9-6-11-4-2-1-3-5-11/h7-8,10-11H,1-6,9H2,(H,18,19). The minimum Gasteiger partial charge on any atom is -0.325 e. The molecule has 2 rings (SSSR count). The van der Waals surface area contributed by atoms with Crippen LogP contribution in [0.2, 0.25) is 5.02 Å². The van der Waals surface area contributed by atoms with Crippen LogP contribution in [0, 0.1) is 5.92 Å². The number of hydrogen-bond acceptors (Lipinski definition) is 1. The molecule has 0 aromatic heterocycles. The maximum Gasteiger partial charge on any atom is 0.224 e. The summed E-state index contributed by atoms with van der Waals surface area (Å²) in [7, 11) is 0. The van der Waals surface area contributed by atoms with Gasteiger partial charge in [-0.25, -0.2) is 0 Å². The van der Waals surface area contributed by atoms with Crippen LogP contribution >= 0.6 is 27.5 Å². The van der Waals surface area contributed by atoms with Gasteiger partial charge in [-0.2, -0.15) is 0 Å². The van der Waals surface area contributed by atoms with Crippen molar-refractivity contribution in [3.05, 3.63) is 27.7 Å². The fourth-order valence-corrected chi connectivity index (χ4v) is 3.34. The van der Waals surface area contributed by atoms with Crippen LogP contribution in [0.5, 0.6) is 0 Å². The van der Waals surface area contributed by atoms with E-state index in [2.05, 4.69) is 21.2 Å². The number of halogens is 2. The quantitative estimate of drug-likeness (QED) is 0.778. The monoisotopic (exact) mass is 343 g/mol. The van der Waals surface area contributed by atoms with E-state index in [4.69, 9.17) is 11.6 Å². The Hall–Kier alpha value is -0.540. The zero-order valence-electron chi connectivity index (χ0n) is 10.9. The highest BCUT2D eigenvalue weighted by molar-refractivity contribution is 9.10. The Morgan fingerprint density at radius 3 is 2.74 bits per heavy atom. The Morgan fingerprint density at radius 1 is 1.32 bits per heavy atom. The Labute approximate surface area is 128 Å². The summed E-state index contributed by atoms with van der Waals surface area (Å²) in [6.45, 7) is 0. The van der Waals surface area contributed by atoms with Gasteiger partial charge in [-0.05, 0) is 30.5 Å². The van der Waals surface area contributed by atoms with Gasteiger partial charge in [-0.3, -0.25) is 4.79 Å². The highest BCUT2D eigenvalue weighted by Crippen LogP contribution is 2.28. The summed E-state index contributed by atoms with van der Waals surface area (Å²) in [5.74, 6) is 0.801. The van der Waals surface area contributed by atoms with Crippen molar-refractivity contribution in [3.63, 3.8) is 0 Å². The first-order chi connectivity index (χ1) is 9.15. The number of amides is 1. The molecule has 0 unspecified atom stereocenters. The molecule has 0 radical (unpaired) electrons. The van der Waals surface area contributed by atoms with Gasteiger partial charge in [-0.1, -0.05) is 59.6 Å².